The molecule has 1 aromatic heterocycles. The molecule has 1 heterocycles. The van der Waals surface area contributed by atoms with E-state index >= 15 is 0 Å². The molecule has 0 atom stereocenters. The van der Waals surface area contributed by atoms with E-state index in [1.54, 1.807) is 12.1 Å². The van der Waals surface area contributed by atoms with Crippen LogP contribution in [0.2, 0.25) is 15.3 Å². The van der Waals surface area contributed by atoms with Gasteiger partial charge in [-0.1, -0.05) is 63.6 Å². The van der Waals surface area contributed by atoms with E-state index in [1.165, 1.54) is 12.8 Å². The Hall–Kier alpha value is -0.350. The molecule has 0 bridgehead atoms. The lowest BCUT2D eigenvalue weighted by Gasteiger charge is -2.14. The van der Waals surface area contributed by atoms with Gasteiger partial charge in [-0.3, -0.25) is 0 Å². The molecule has 1 fully saturated rings. The molecule has 1 saturated carbocycles. The molecular formula is C15H12BrCl3N2. The van der Waals surface area contributed by atoms with E-state index in [9.17, 15) is 0 Å². The predicted molar refractivity (Wildman–Crippen MR) is 91.4 cm³/mol. The van der Waals surface area contributed by atoms with E-state index in [0.29, 0.717) is 27.1 Å². The zero-order chi connectivity index (χ0) is 15.0. The zero-order valence-electron chi connectivity index (χ0n) is 11.0. The first kappa shape index (κ1) is 15.5. The van der Waals surface area contributed by atoms with Crippen LogP contribution in [0.4, 0.5) is 0 Å². The number of aromatic nitrogens is 2. The molecule has 0 saturated heterocycles. The van der Waals surface area contributed by atoms with E-state index < -0.39 is 0 Å². The van der Waals surface area contributed by atoms with Crippen molar-refractivity contribution < 1.29 is 0 Å². The largest absolute Gasteiger partial charge is 0.216 e. The smallest absolute Gasteiger partial charge is 0.163 e. The van der Waals surface area contributed by atoms with Gasteiger partial charge in [-0.15, -0.1) is 0 Å². The van der Waals surface area contributed by atoms with Gasteiger partial charge >= 0.3 is 0 Å². The molecule has 0 amide bonds. The first-order chi connectivity index (χ1) is 10.1. The van der Waals surface area contributed by atoms with E-state index in [2.05, 4.69) is 25.9 Å². The second kappa shape index (κ2) is 6.41. The molecule has 1 aliphatic carbocycles. The van der Waals surface area contributed by atoms with Crippen molar-refractivity contribution in [1.29, 1.82) is 0 Å². The summed E-state index contributed by atoms with van der Waals surface area (Å²) in [7, 11) is 0. The average molecular weight is 407 g/mol. The van der Waals surface area contributed by atoms with Crippen LogP contribution in [0.15, 0.2) is 22.7 Å². The average Bonchev–Trinajstić information content (AvgIpc) is 2.94. The zero-order valence-corrected chi connectivity index (χ0v) is 14.9. The van der Waals surface area contributed by atoms with Gasteiger partial charge in [0.25, 0.3) is 0 Å². The van der Waals surface area contributed by atoms with Crippen LogP contribution in [0.3, 0.4) is 0 Å². The summed E-state index contributed by atoms with van der Waals surface area (Å²) in [6, 6.07) is 5.45. The molecule has 0 aliphatic heterocycles. The Kier molecular flexibility index (Phi) is 4.75. The minimum atomic E-state index is 0.377. The Balaban J connectivity index is 2.07. The summed E-state index contributed by atoms with van der Waals surface area (Å²) in [6.07, 6.45) is 4.61. The van der Waals surface area contributed by atoms with Crippen LogP contribution in [-0.4, -0.2) is 9.97 Å². The normalized spacial score (nSPS) is 15.6. The predicted octanol–water partition coefficient (Wildman–Crippen LogP) is 6.52. The molecule has 6 heteroatoms. The second-order valence-corrected chi connectivity index (χ2v) is 7.15. The van der Waals surface area contributed by atoms with Gasteiger partial charge in [-0.25, -0.2) is 9.97 Å². The monoisotopic (exact) mass is 404 g/mol. The van der Waals surface area contributed by atoms with Crippen LogP contribution in [0.25, 0.3) is 11.4 Å². The Morgan fingerprint density at radius 3 is 2.24 bits per heavy atom. The molecule has 21 heavy (non-hydrogen) atoms. The lowest BCUT2D eigenvalue weighted by Crippen LogP contribution is -2.02. The fourth-order valence-electron chi connectivity index (χ4n) is 2.76. The molecule has 3 rings (SSSR count). The third-order valence-electron chi connectivity index (χ3n) is 3.79. The van der Waals surface area contributed by atoms with Crippen molar-refractivity contribution in [3.8, 4) is 11.4 Å². The summed E-state index contributed by atoms with van der Waals surface area (Å²) in [4.78, 5) is 8.86. The summed E-state index contributed by atoms with van der Waals surface area (Å²) in [5.41, 5.74) is 1.67. The molecule has 110 valence electrons. The third-order valence-corrected chi connectivity index (χ3v) is 5.29. The summed E-state index contributed by atoms with van der Waals surface area (Å²) in [6.45, 7) is 0. The van der Waals surface area contributed by atoms with Crippen molar-refractivity contribution in [1.82, 2.24) is 9.97 Å². The van der Waals surface area contributed by atoms with Crippen LogP contribution in [0.1, 0.15) is 37.2 Å². The van der Waals surface area contributed by atoms with E-state index in [1.807, 2.05) is 6.07 Å². The number of hydrogen-bond acceptors (Lipinski definition) is 2. The van der Waals surface area contributed by atoms with Gasteiger partial charge in [0, 0.05) is 20.6 Å². The summed E-state index contributed by atoms with van der Waals surface area (Å²) in [5.74, 6) is 0.864. The lowest BCUT2D eigenvalue weighted by atomic mass is 10.0. The van der Waals surface area contributed by atoms with Crippen LogP contribution < -0.4 is 0 Å². The Bertz CT molecular complexity index is 662. The van der Waals surface area contributed by atoms with Crippen molar-refractivity contribution in [3.05, 3.63) is 43.6 Å². The molecule has 2 aromatic rings. The maximum absolute atomic E-state index is 6.37. The fourth-order valence-corrected chi connectivity index (χ4v) is 4.05. The van der Waals surface area contributed by atoms with Crippen LogP contribution in [-0.2, 0) is 0 Å². The molecule has 0 N–H and O–H groups in total. The number of nitrogens with zero attached hydrogens (tertiary/aromatic N) is 2. The molecule has 2 nitrogen and oxygen atoms in total. The molecule has 0 unspecified atom stereocenters. The number of rotatable bonds is 2. The molecule has 0 spiro atoms. The van der Waals surface area contributed by atoms with Crippen molar-refractivity contribution >= 4 is 50.7 Å². The SMILES string of the molecule is Clc1ccc(Br)c(-c2nc(Cl)c(C3CCCC3)c(Cl)n2)c1. The first-order valence-electron chi connectivity index (χ1n) is 6.74. The van der Waals surface area contributed by atoms with Crippen molar-refractivity contribution in [3.63, 3.8) is 0 Å². The number of hydrogen-bond donors (Lipinski definition) is 0. The van der Waals surface area contributed by atoms with Crippen molar-refractivity contribution in [2.24, 2.45) is 0 Å². The van der Waals surface area contributed by atoms with Gasteiger partial charge in [0.05, 0.1) is 0 Å². The topological polar surface area (TPSA) is 25.8 Å². The first-order valence-corrected chi connectivity index (χ1v) is 8.67. The maximum atomic E-state index is 6.37. The molecule has 0 radical (unpaired) electrons. The highest BCUT2D eigenvalue weighted by molar-refractivity contribution is 9.10. The summed E-state index contributed by atoms with van der Waals surface area (Å²) in [5, 5.41) is 1.51. The van der Waals surface area contributed by atoms with Crippen molar-refractivity contribution in [2.75, 3.05) is 0 Å². The maximum Gasteiger partial charge on any atom is 0.163 e. The fraction of sp³-hybridized carbons (Fsp3) is 0.333. The Morgan fingerprint density at radius 2 is 1.62 bits per heavy atom. The van der Waals surface area contributed by atoms with Gasteiger partial charge in [0.15, 0.2) is 5.82 Å². The van der Waals surface area contributed by atoms with E-state index in [0.717, 1.165) is 28.4 Å². The third kappa shape index (κ3) is 3.21. The highest BCUT2D eigenvalue weighted by atomic mass is 79.9. The van der Waals surface area contributed by atoms with Gasteiger partial charge in [-0.2, -0.15) is 0 Å². The van der Waals surface area contributed by atoms with Gasteiger partial charge < -0.3 is 0 Å². The van der Waals surface area contributed by atoms with Gasteiger partial charge in [0.1, 0.15) is 10.3 Å². The molecule has 1 aliphatic rings. The van der Waals surface area contributed by atoms with Crippen LogP contribution >= 0.6 is 50.7 Å². The van der Waals surface area contributed by atoms with Crippen molar-refractivity contribution in [2.45, 2.75) is 31.6 Å². The second-order valence-electron chi connectivity index (χ2n) is 5.15. The van der Waals surface area contributed by atoms with Gasteiger partial charge in [-0.05, 0) is 37.0 Å². The number of benzene rings is 1. The standard InChI is InChI=1S/C15H12BrCl3N2/c16-11-6-5-9(17)7-10(11)15-20-13(18)12(14(19)21-15)8-3-1-2-4-8/h5-8H,1-4H2. The van der Waals surface area contributed by atoms with Gasteiger partial charge in [0.2, 0.25) is 0 Å². The van der Waals surface area contributed by atoms with E-state index in [4.69, 9.17) is 34.8 Å². The highest BCUT2D eigenvalue weighted by Gasteiger charge is 2.25. The highest BCUT2D eigenvalue weighted by Crippen LogP contribution is 2.41. The lowest BCUT2D eigenvalue weighted by molar-refractivity contribution is 0.715. The molecular weight excluding hydrogens is 394 g/mol. The molecule has 1 aromatic carbocycles. The number of halogens is 4. The summed E-state index contributed by atoms with van der Waals surface area (Å²) < 4.78 is 0.854. The Labute approximate surface area is 147 Å². The quantitative estimate of drug-likeness (QED) is 0.530. The van der Waals surface area contributed by atoms with Crippen LogP contribution in [0.5, 0.6) is 0 Å². The minimum Gasteiger partial charge on any atom is -0.216 e. The van der Waals surface area contributed by atoms with E-state index in [-0.39, 0.29) is 0 Å². The van der Waals surface area contributed by atoms with Crippen LogP contribution in [0, 0.1) is 0 Å². The minimum absolute atomic E-state index is 0.377. The summed E-state index contributed by atoms with van der Waals surface area (Å²) >= 11 is 22.3. The Morgan fingerprint density at radius 1 is 1.00 bits per heavy atom.